The van der Waals surface area contributed by atoms with Crippen molar-refractivity contribution in [1.82, 2.24) is 4.90 Å². The van der Waals surface area contributed by atoms with Gasteiger partial charge in [-0.2, -0.15) is 0 Å². The normalized spacial score (nSPS) is 14.6. The van der Waals surface area contributed by atoms with E-state index in [0.717, 1.165) is 12.0 Å². The molecule has 1 aliphatic rings. The molecule has 0 bridgehead atoms. The number of benzene rings is 1. The topological polar surface area (TPSA) is 54.5 Å². The van der Waals surface area contributed by atoms with Crippen molar-refractivity contribution >= 4 is 38.7 Å². The average Bonchev–Trinajstić information content (AvgIpc) is 2.90. The Kier molecular flexibility index (Phi) is 4.75. The lowest BCUT2D eigenvalue weighted by atomic mass is 10.00. The molecule has 23 heavy (non-hydrogen) atoms. The summed E-state index contributed by atoms with van der Waals surface area (Å²) in [5, 5.41) is 0. The Morgan fingerprint density at radius 3 is 2.61 bits per heavy atom. The monoisotopic (exact) mass is 369 g/mol. The fraction of sp³-hybridized carbons (Fsp3) is 0.312. The van der Waals surface area contributed by atoms with Crippen LogP contribution in [0.3, 0.4) is 0 Å². The molecule has 1 aromatic heterocycles. The molecule has 0 aliphatic carbocycles. The van der Waals surface area contributed by atoms with E-state index in [1.54, 1.807) is 17.0 Å². The van der Waals surface area contributed by atoms with E-state index in [-0.39, 0.29) is 11.7 Å². The number of sulfone groups is 1. The number of hydrogen-bond donors (Lipinski definition) is 0. The van der Waals surface area contributed by atoms with Gasteiger partial charge in [0.2, 0.25) is 5.91 Å². The van der Waals surface area contributed by atoms with Crippen LogP contribution in [0.15, 0.2) is 36.4 Å². The smallest absolute Gasteiger partial charge is 0.238 e. The number of carbonyl (C=O) groups is 1. The van der Waals surface area contributed by atoms with Gasteiger partial charge in [0.05, 0.1) is 10.1 Å². The summed E-state index contributed by atoms with van der Waals surface area (Å²) in [4.78, 5) is 14.6. The highest BCUT2D eigenvalue weighted by Gasteiger charge is 2.25. The van der Waals surface area contributed by atoms with Gasteiger partial charge in [-0.05, 0) is 29.7 Å². The number of rotatable bonds is 4. The Balaban J connectivity index is 1.65. The first-order valence-corrected chi connectivity index (χ1v) is 10.2. The Morgan fingerprint density at radius 1 is 1.17 bits per heavy atom. The third kappa shape index (κ3) is 4.13. The summed E-state index contributed by atoms with van der Waals surface area (Å²) in [7, 11) is -3.49. The molecule has 1 amide bonds. The highest BCUT2D eigenvalue weighted by Crippen LogP contribution is 2.24. The molecular weight excluding hydrogens is 354 g/mol. The van der Waals surface area contributed by atoms with E-state index in [2.05, 4.69) is 6.07 Å². The van der Waals surface area contributed by atoms with E-state index < -0.39 is 15.6 Å². The van der Waals surface area contributed by atoms with Crippen molar-refractivity contribution in [3.05, 3.63) is 56.7 Å². The molecule has 0 fully saturated rings. The van der Waals surface area contributed by atoms with E-state index in [9.17, 15) is 13.2 Å². The lowest BCUT2D eigenvalue weighted by Gasteiger charge is -2.28. The van der Waals surface area contributed by atoms with Crippen LogP contribution in [-0.4, -0.2) is 31.5 Å². The summed E-state index contributed by atoms with van der Waals surface area (Å²) in [6.07, 6.45) is 0.766. The van der Waals surface area contributed by atoms with Crippen molar-refractivity contribution in [2.45, 2.75) is 18.7 Å². The molecule has 4 nitrogen and oxygen atoms in total. The van der Waals surface area contributed by atoms with Gasteiger partial charge in [0, 0.05) is 18.0 Å². The third-order valence-electron chi connectivity index (χ3n) is 3.82. The summed E-state index contributed by atoms with van der Waals surface area (Å²) in [6, 6.07) is 11.3. The zero-order valence-electron chi connectivity index (χ0n) is 12.4. The van der Waals surface area contributed by atoms with Crippen molar-refractivity contribution in [2.24, 2.45) is 0 Å². The predicted octanol–water partition coefficient (Wildman–Crippen LogP) is 2.90. The average molecular weight is 370 g/mol. The van der Waals surface area contributed by atoms with Crippen LogP contribution in [0.2, 0.25) is 4.34 Å². The SMILES string of the molecule is O=C(CS(=O)(=O)Cc1ccc(Cl)s1)N1CCc2ccccc2C1. The maximum Gasteiger partial charge on any atom is 0.238 e. The van der Waals surface area contributed by atoms with E-state index in [1.165, 1.54) is 16.9 Å². The minimum atomic E-state index is -3.49. The predicted molar refractivity (Wildman–Crippen MR) is 92.4 cm³/mol. The molecule has 122 valence electrons. The van der Waals surface area contributed by atoms with Crippen molar-refractivity contribution in [1.29, 1.82) is 0 Å². The molecule has 0 N–H and O–H groups in total. The number of thiophene rings is 1. The number of hydrogen-bond acceptors (Lipinski definition) is 4. The number of amides is 1. The summed E-state index contributed by atoms with van der Waals surface area (Å²) >= 11 is 7.04. The van der Waals surface area contributed by atoms with Crippen LogP contribution < -0.4 is 0 Å². The molecule has 0 spiro atoms. The van der Waals surface area contributed by atoms with Gasteiger partial charge in [0.15, 0.2) is 9.84 Å². The highest BCUT2D eigenvalue weighted by atomic mass is 35.5. The highest BCUT2D eigenvalue weighted by molar-refractivity contribution is 7.91. The molecule has 0 saturated carbocycles. The molecule has 0 atom stereocenters. The summed E-state index contributed by atoms with van der Waals surface area (Å²) in [6.45, 7) is 1.05. The molecule has 0 unspecified atom stereocenters. The van der Waals surface area contributed by atoms with Crippen molar-refractivity contribution in [2.75, 3.05) is 12.3 Å². The molecule has 7 heteroatoms. The van der Waals surface area contributed by atoms with Gasteiger partial charge >= 0.3 is 0 Å². The summed E-state index contributed by atoms with van der Waals surface area (Å²) in [5.41, 5.74) is 2.32. The first-order valence-electron chi connectivity index (χ1n) is 7.22. The fourth-order valence-electron chi connectivity index (χ4n) is 2.69. The zero-order valence-corrected chi connectivity index (χ0v) is 14.8. The third-order valence-corrected chi connectivity index (χ3v) is 6.67. The Hall–Kier alpha value is -1.37. The van der Waals surface area contributed by atoms with Gasteiger partial charge in [-0.1, -0.05) is 35.9 Å². The Bertz CT molecular complexity index is 829. The number of fused-ring (bicyclic) bond motifs is 1. The minimum absolute atomic E-state index is 0.138. The van der Waals surface area contributed by atoms with E-state index >= 15 is 0 Å². The van der Waals surface area contributed by atoms with Crippen LogP contribution in [0.4, 0.5) is 0 Å². The maximum absolute atomic E-state index is 12.3. The van der Waals surface area contributed by atoms with Crippen LogP contribution in [-0.2, 0) is 33.4 Å². The van der Waals surface area contributed by atoms with E-state index in [4.69, 9.17) is 11.6 Å². The Morgan fingerprint density at radius 2 is 1.91 bits per heavy atom. The molecule has 2 aromatic rings. The quantitative estimate of drug-likeness (QED) is 0.832. The molecular formula is C16H16ClNO3S2. The summed E-state index contributed by atoms with van der Waals surface area (Å²) < 4.78 is 25.0. The summed E-state index contributed by atoms with van der Waals surface area (Å²) in [5.74, 6) is -0.923. The second kappa shape index (κ2) is 6.63. The Labute approximate surface area is 144 Å². The number of halogens is 1. The van der Waals surface area contributed by atoms with Gasteiger partial charge in [-0.15, -0.1) is 11.3 Å². The van der Waals surface area contributed by atoms with Gasteiger partial charge in [0.25, 0.3) is 0 Å². The molecule has 1 aliphatic heterocycles. The largest absolute Gasteiger partial charge is 0.337 e. The van der Waals surface area contributed by atoms with E-state index in [1.807, 2.05) is 18.2 Å². The van der Waals surface area contributed by atoms with Crippen LogP contribution in [0.5, 0.6) is 0 Å². The van der Waals surface area contributed by atoms with Gasteiger partial charge < -0.3 is 4.90 Å². The molecule has 0 radical (unpaired) electrons. The molecule has 0 saturated heterocycles. The lowest BCUT2D eigenvalue weighted by molar-refractivity contribution is -0.129. The molecule has 3 rings (SSSR count). The number of nitrogens with zero attached hydrogens (tertiary/aromatic N) is 1. The maximum atomic E-state index is 12.3. The molecule has 1 aromatic carbocycles. The minimum Gasteiger partial charge on any atom is -0.337 e. The molecule has 2 heterocycles. The first kappa shape index (κ1) is 16.5. The van der Waals surface area contributed by atoms with Crippen LogP contribution in [0, 0.1) is 0 Å². The van der Waals surface area contributed by atoms with Crippen molar-refractivity contribution in [3.63, 3.8) is 0 Å². The van der Waals surface area contributed by atoms with Crippen LogP contribution in [0.1, 0.15) is 16.0 Å². The van der Waals surface area contributed by atoms with E-state index in [0.29, 0.717) is 22.3 Å². The lowest BCUT2D eigenvalue weighted by Crippen LogP contribution is -2.39. The van der Waals surface area contributed by atoms with Gasteiger partial charge in [-0.25, -0.2) is 8.42 Å². The first-order chi connectivity index (χ1) is 10.9. The van der Waals surface area contributed by atoms with Crippen LogP contribution >= 0.6 is 22.9 Å². The fourth-order valence-corrected chi connectivity index (χ4v) is 5.53. The second-order valence-electron chi connectivity index (χ2n) is 5.57. The van der Waals surface area contributed by atoms with Crippen molar-refractivity contribution < 1.29 is 13.2 Å². The second-order valence-corrected chi connectivity index (χ2v) is 9.44. The van der Waals surface area contributed by atoms with Crippen LogP contribution in [0.25, 0.3) is 0 Å². The number of carbonyl (C=O) groups excluding carboxylic acids is 1. The standard InChI is InChI=1S/C16H16ClNO3S2/c17-15-6-5-14(22-15)10-23(20,21)11-16(19)18-8-7-12-3-1-2-4-13(12)9-18/h1-6H,7-11H2. The van der Waals surface area contributed by atoms with Crippen molar-refractivity contribution in [3.8, 4) is 0 Å². The zero-order chi connectivity index (χ0) is 16.4. The van der Waals surface area contributed by atoms with Gasteiger partial charge in [0.1, 0.15) is 5.75 Å². The van der Waals surface area contributed by atoms with Gasteiger partial charge in [-0.3, -0.25) is 4.79 Å².